The van der Waals surface area contributed by atoms with Crippen LogP contribution in [0.15, 0.2) is 47.4 Å². The van der Waals surface area contributed by atoms with Crippen molar-refractivity contribution in [2.75, 3.05) is 0 Å². The monoisotopic (exact) mass is 322 g/mol. The van der Waals surface area contributed by atoms with Gasteiger partial charge in [-0.15, -0.1) is 0 Å². The molecule has 0 bridgehead atoms. The average Bonchev–Trinajstić information content (AvgIpc) is 2.45. The molecule has 7 nitrogen and oxygen atoms in total. The summed E-state index contributed by atoms with van der Waals surface area (Å²) < 4.78 is 32.3. The van der Waals surface area contributed by atoms with Crippen LogP contribution in [0.1, 0.15) is 20.7 Å². The Morgan fingerprint density at radius 2 is 1.45 bits per heavy atom. The molecule has 3 N–H and O–H groups in total. The van der Waals surface area contributed by atoms with Crippen LogP contribution in [0.25, 0.3) is 11.1 Å². The number of carbonyl (C=O) groups is 2. The van der Waals surface area contributed by atoms with Crippen LogP contribution in [-0.4, -0.2) is 35.1 Å². The van der Waals surface area contributed by atoms with E-state index in [1.807, 2.05) is 0 Å². The topological polar surface area (TPSA) is 129 Å². The number of hydrogen-bond donors (Lipinski definition) is 3. The molecule has 0 aromatic heterocycles. The van der Waals surface area contributed by atoms with Crippen LogP contribution in [0.2, 0.25) is 0 Å². The normalized spacial score (nSPS) is 11.1. The van der Waals surface area contributed by atoms with Crippen molar-refractivity contribution in [3.8, 4) is 11.1 Å². The zero-order valence-electron chi connectivity index (χ0n) is 10.9. The van der Waals surface area contributed by atoms with Gasteiger partial charge in [0, 0.05) is 5.56 Å². The molecule has 8 heteroatoms. The average molecular weight is 322 g/mol. The van der Waals surface area contributed by atoms with Crippen molar-refractivity contribution in [3.05, 3.63) is 53.6 Å². The summed E-state index contributed by atoms with van der Waals surface area (Å²) in [7, 11) is -4.74. The minimum Gasteiger partial charge on any atom is -0.478 e. The van der Waals surface area contributed by atoms with E-state index in [1.54, 1.807) is 6.07 Å². The second-order valence-corrected chi connectivity index (χ2v) is 5.70. The molecule has 114 valence electrons. The lowest BCUT2D eigenvalue weighted by atomic mass is 9.95. The Labute approximate surface area is 125 Å². The minimum absolute atomic E-state index is 0.163. The standard InChI is InChI=1S/C14H10O7S/c15-13(16)9-6-7-10(22(19,20)21)11(12(9)14(17)18)8-4-2-1-3-5-8/h1-7H,(H,15,16)(H,17,18)(H,19,20,21). The maximum absolute atomic E-state index is 11.5. The van der Waals surface area contributed by atoms with Crippen molar-refractivity contribution in [1.29, 1.82) is 0 Å². The number of hydrogen-bond acceptors (Lipinski definition) is 4. The van der Waals surface area contributed by atoms with E-state index in [-0.39, 0.29) is 11.1 Å². The Hall–Kier alpha value is -2.71. The molecule has 0 fully saturated rings. The Morgan fingerprint density at radius 3 is 1.91 bits per heavy atom. The third-order valence-corrected chi connectivity index (χ3v) is 3.85. The quantitative estimate of drug-likeness (QED) is 0.734. The van der Waals surface area contributed by atoms with Gasteiger partial charge in [0.1, 0.15) is 4.90 Å². The van der Waals surface area contributed by atoms with Crippen LogP contribution >= 0.6 is 0 Å². The van der Waals surface area contributed by atoms with Gasteiger partial charge in [0.15, 0.2) is 0 Å². The van der Waals surface area contributed by atoms with E-state index in [1.165, 1.54) is 24.3 Å². The summed E-state index contributed by atoms with van der Waals surface area (Å²) in [5.41, 5.74) is -1.47. The highest BCUT2D eigenvalue weighted by atomic mass is 32.2. The van der Waals surface area contributed by atoms with Gasteiger partial charge >= 0.3 is 11.9 Å². The third kappa shape index (κ3) is 2.83. The van der Waals surface area contributed by atoms with Gasteiger partial charge in [0.25, 0.3) is 10.1 Å². The molecule has 0 spiro atoms. The van der Waals surface area contributed by atoms with E-state index < -0.39 is 38.1 Å². The van der Waals surface area contributed by atoms with Gasteiger partial charge in [0.2, 0.25) is 0 Å². The van der Waals surface area contributed by atoms with Crippen molar-refractivity contribution < 1.29 is 32.8 Å². The van der Waals surface area contributed by atoms with Crippen molar-refractivity contribution in [2.45, 2.75) is 4.90 Å². The van der Waals surface area contributed by atoms with Gasteiger partial charge in [-0.3, -0.25) is 4.55 Å². The van der Waals surface area contributed by atoms with Crippen molar-refractivity contribution >= 4 is 22.1 Å². The van der Waals surface area contributed by atoms with Crippen LogP contribution in [0.3, 0.4) is 0 Å². The summed E-state index contributed by atoms with van der Waals surface area (Å²) in [6.45, 7) is 0. The van der Waals surface area contributed by atoms with E-state index in [9.17, 15) is 27.7 Å². The maximum atomic E-state index is 11.5. The number of carboxylic acids is 2. The lowest BCUT2D eigenvalue weighted by Crippen LogP contribution is -2.13. The summed E-state index contributed by atoms with van der Waals surface area (Å²) in [5.74, 6) is -3.13. The lowest BCUT2D eigenvalue weighted by Gasteiger charge is -2.13. The molecular formula is C14H10O7S. The first-order chi connectivity index (χ1) is 10.2. The zero-order chi connectivity index (χ0) is 16.5. The van der Waals surface area contributed by atoms with Gasteiger partial charge in [-0.1, -0.05) is 30.3 Å². The molecule has 0 heterocycles. The third-order valence-electron chi connectivity index (χ3n) is 2.95. The van der Waals surface area contributed by atoms with Gasteiger partial charge in [-0.25, -0.2) is 9.59 Å². The zero-order valence-corrected chi connectivity index (χ0v) is 11.7. The van der Waals surface area contributed by atoms with Gasteiger partial charge in [-0.05, 0) is 17.7 Å². The minimum atomic E-state index is -4.74. The molecule has 0 amide bonds. The first-order valence-electron chi connectivity index (χ1n) is 5.90. The highest BCUT2D eigenvalue weighted by molar-refractivity contribution is 7.86. The number of rotatable bonds is 4. The summed E-state index contributed by atoms with van der Waals surface area (Å²) in [6, 6.07) is 9.22. The molecule has 2 aromatic carbocycles. The van der Waals surface area contributed by atoms with Gasteiger partial charge in [-0.2, -0.15) is 8.42 Å². The molecular weight excluding hydrogens is 312 g/mol. The SMILES string of the molecule is O=C(O)c1ccc(S(=O)(=O)O)c(-c2ccccc2)c1C(=O)O. The van der Waals surface area contributed by atoms with E-state index in [0.717, 1.165) is 12.1 Å². The molecule has 2 rings (SSSR count). The molecule has 0 aliphatic rings. The first-order valence-corrected chi connectivity index (χ1v) is 7.34. The maximum Gasteiger partial charge on any atom is 0.337 e. The number of benzene rings is 2. The molecule has 0 unspecified atom stereocenters. The number of aromatic carboxylic acids is 2. The van der Waals surface area contributed by atoms with E-state index in [0.29, 0.717) is 0 Å². The Kier molecular flexibility index (Phi) is 3.98. The van der Waals surface area contributed by atoms with Crippen LogP contribution in [0.5, 0.6) is 0 Å². The fourth-order valence-electron chi connectivity index (χ4n) is 2.09. The van der Waals surface area contributed by atoms with E-state index >= 15 is 0 Å². The van der Waals surface area contributed by atoms with Crippen molar-refractivity contribution in [2.24, 2.45) is 0 Å². The molecule has 0 radical (unpaired) electrons. The fraction of sp³-hybridized carbons (Fsp3) is 0. The van der Waals surface area contributed by atoms with Crippen LogP contribution in [-0.2, 0) is 10.1 Å². The highest BCUT2D eigenvalue weighted by Crippen LogP contribution is 2.33. The Morgan fingerprint density at radius 1 is 0.864 bits per heavy atom. The molecule has 0 aliphatic heterocycles. The Balaban J connectivity index is 3.01. The predicted octanol–water partition coefficient (Wildman–Crippen LogP) is 2.00. The Bertz CT molecular complexity index is 854. The lowest BCUT2D eigenvalue weighted by molar-refractivity contribution is 0.0652. The molecule has 0 aliphatic carbocycles. The number of carboxylic acid groups (broad SMARTS) is 2. The van der Waals surface area contributed by atoms with Gasteiger partial charge in [0.05, 0.1) is 11.1 Å². The second-order valence-electron chi connectivity index (χ2n) is 4.31. The second kappa shape index (κ2) is 5.58. The highest BCUT2D eigenvalue weighted by Gasteiger charge is 2.28. The van der Waals surface area contributed by atoms with Crippen LogP contribution in [0, 0.1) is 0 Å². The molecule has 0 saturated heterocycles. The molecule has 2 aromatic rings. The van der Waals surface area contributed by atoms with Crippen LogP contribution < -0.4 is 0 Å². The summed E-state index contributed by atoms with van der Waals surface area (Å²) in [6.07, 6.45) is 0. The van der Waals surface area contributed by atoms with E-state index in [2.05, 4.69) is 0 Å². The van der Waals surface area contributed by atoms with Crippen molar-refractivity contribution in [1.82, 2.24) is 0 Å². The van der Waals surface area contributed by atoms with E-state index in [4.69, 9.17) is 5.11 Å². The van der Waals surface area contributed by atoms with Crippen molar-refractivity contribution in [3.63, 3.8) is 0 Å². The predicted molar refractivity (Wildman–Crippen MR) is 75.6 cm³/mol. The molecule has 0 atom stereocenters. The molecule has 22 heavy (non-hydrogen) atoms. The summed E-state index contributed by atoms with van der Waals surface area (Å²) in [5, 5.41) is 18.4. The summed E-state index contributed by atoms with van der Waals surface area (Å²) in [4.78, 5) is 22.0. The largest absolute Gasteiger partial charge is 0.478 e. The smallest absolute Gasteiger partial charge is 0.337 e. The van der Waals surface area contributed by atoms with Crippen LogP contribution in [0.4, 0.5) is 0 Å². The van der Waals surface area contributed by atoms with Gasteiger partial charge < -0.3 is 10.2 Å². The summed E-state index contributed by atoms with van der Waals surface area (Å²) >= 11 is 0. The first kappa shape index (κ1) is 15.7. The molecule has 0 saturated carbocycles. The fourth-order valence-corrected chi connectivity index (χ4v) is 2.81.